The second-order valence-corrected chi connectivity index (χ2v) is 7.02. The topological polar surface area (TPSA) is 114 Å². The second kappa shape index (κ2) is 6.47. The van der Waals surface area contributed by atoms with E-state index < -0.39 is 0 Å². The summed E-state index contributed by atoms with van der Waals surface area (Å²) in [5.41, 5.74) is 1.26. The van der Waals surface area contributed by atoms with Crippen LogP contribution < -0.4 is 15.6 Å². The summed E-state index contributed by atoms with van der Waals surface area (Å²) in [7, 11) is 1.59. The highest BCUT2D eigenvalue weighted by Crippen LogP contribution is 2.28. The number of carbonyl (C=O) groups is 1. The summed E-state index contributed by atoms with van der Waals surface area (Å²) >= 11 is 1.36. The van der Waals surface area contributed by atoms with Gasteiger partial charge in [-0.15, -0.1) is 0 Å². The number of ether oxygens (including phenoxy) is 1. The molecule has 1 aromatic carbocycles. The van der Waals surface area contributed by atoms with Gasteiger partial charge in [-0.05, 0) is 26.0 Å². The van der Waals surface area contributed by atoms with Crippen LogP contribution in [0.2, 0.25) is 0 Å². The number of rotatable bonds is 4. The number of carbonyl (C=O) groups excluding carboxylic acids is 1. The summed E-state index contributed by atoms with van der Waals surface area (Å²) in [6.45, 7) is 3.39. The van der Waals surface area contributed by atoms with Crippen LogP contribution >= 0.6 is 11.3 Å². The lowest BCUT2D eigenvalue weighted by Crippen LogP contribution is -2.26. The fourth-order valence-corrected chi connectivity index (χ4v) is 3.70. The molecular weight excluding hydrogens is 368 g/mol. The molecule has 9 nitrogen and oxygen atoms in total. The van der Waals surface area contributed by atoms with Crippen LogP contribution in [0.5, 0.6) is 5.75 Å². The highest BCUT2D eigenvalue weighted by Gasteiger charge is 2.17. The molecule has 0 aliphatic carbocycles. The Morgan fingerprint density at radius 3 is 2.93 bits per heavy atom. The number of hydrogen-bond acceptors (Lipinski definition) is 7. The smallest absolute Gasteiger partial charge is 0.264 e. The molecule has 0 aliphatic heterocycles. The zero-order valence-corrected chi connectivity index (χ0v) is 15.7. The molecule has 0 aliphatic rings. The van der Waals surface area contributed by atoms with E-state index >= 15 is 0 Å². The monoisotopic (exact) mass is 384 g/mol. The van der Waals surface area contributed by atoms with Crippen molar-refractivity contribution in [2.75, 3.05) is 12.4 Å². The van der Waals surface area contributed by atoms with Crippen LogP contribution in [0.25, 0.3) is 16.0 Å². The first-order chi connectivity index (χ1) is 13.0. The zero-order chi connectivity index (χ0) is 19.1. The first-order valence-electron chi connectivity index (χ1n) is 8.14. The molecule has 0 radical (unpaired) electrons. The molecule has 4 rings (SSSR count). The number of fused-ring (bicyclic) bond motifs is 2. The SMILES string of the molecule is COc1ccc2sc(NC(=O)Cc3c(C)nc4[nH]nc(C)n4c3=O)nc2c1. The molecule has 3 aromatic heterocycles. The number of aryl methyl sites for hydroxylation is 2. The minimum atomic E-state index is -0.330. The van der Waals surface area contributed by atoms with Crippen molar-refractivity contribution >= 4 is 38.4 Å². The number of thiazole rings is 1. The molecule has 4 aromatic rings. The molecule has 10 heteroatoms. The predicted octanol–water partition coefficient (Wildman–Crippen LogP) is 1.83. The molecule has 0 atom stereocenters. The summed E-state index contributed by atoms with van der Waals surface area (Å²) in [6, 6.07) is 5.53. The molecule has 27 heavy (non-hydrogen) atoms. The number of nitrogens with zero attached hydrogens (tertiary/aromatic N) is 4. The van der Waals surface area contributed by atoms with Gasteiger partial charge in [0, 0.05) is 11.6 Å². The van der Waals surface area contributed by atoms with Gasteiger partial charge < -0.3 is 10.1 Å². The van der Waals surface area contributed by atoms with Crippen molar-refractivity contribution in [1.29, 1.82) is 0 Å². The van der Waals surface area contributed by atoms with E-state index in [1.54, 1.807) is 27.0 Å². The number of nitrogens with one attached hydrogen (secondary N) is 2. The van der Waals surface area contributed by atoms with Crippen LogP contribution in [-0.4, -0.2) is 37.6 Å². The average molecular weight is 384 g/mol. The summed E-state index contributed by atoms with van der Waals surface area (Å²) in [6.07, 6.45) is -0.0928. The Labute approximate surface area is 157 Å². The highest BCUT2D eigenvalue weighted by molar-refractivity contribution is 7.22. The number of hydrogen-bond donors (Lipinski definition) is 2. The van der Waals surface area contributed by atoms with E-state index in [0.29, 0.717) is 33.7 Å². The van der Waals surface area contributed by atoms with Crippen LogP contribution in [0.3, 0.4) is 0 Å². The highest BCUT2D eigenvalue weighted by atomic mass is 32.1. The van der Waals surface area contributed by atoms with Crippen molar-refractivity contribution in [2.24, 2.45) is 0 Å². The van der Waals surface area contributed by atoms with Gasteiger partial charge in [0.2, 0.25) is 11.7 Å². The van der Waals surface area contributed by atoms with Crippen molar-refractivity contribution < 1.29 is 9.53 Å². The number of aromatic nitrogens is 5. The minimum absolute atomic E-state index is 0.0928. The first kappa shape index (κ1) is 17.2. The largest absolute Gasteiger partial charge is 0.497 e. The molecule has 1 amide bonds. The normalized spacial score (nSPS) is 11.2. The van der Waals surface area contributed by atoms with Crippen LogP contribution in [0, 0.1) is 13.8 Å². The number of H-pyrrole nitrogens is 1. The molecular formula is C17H16N6O3S. The van der Waals surface area contributed by atoms with Gasteiger partial charge in [0.25, 0.3) is 5.56 Å². The Morgan fingerprint density at radius 2 is 2.15 bits per heavy atom. The quantitative estimate of drug-likeness (QED) is 0.555. The number of aromatic amines is 1. The third-order valence-electron chi connectivity index (χ3n) is 4.20. The Bertz CT molecular complexity index is 1240. The lowest BCUT2D eigenvalue weighted by atomic mass is 10.1. The van der Waals surface area contributed by atoms with E-state index in [1.165, 1.54) is 15.7 Å². The number of methoxy groups -OCH3 is 1. The summed E-state index contributed by atoms with van der Waals surface area (Å²) < 4.78 is 7.47. The van der Waals surface area contributed by atoms with Gasteiger partial charge in [-0.3, -0.25) is 9.59 Å². The molecule has 0 spiro atoms. The third-order valence-corrected chi connectivity index (χ3v) is 5.15. The van der Waals surface area contributed by atoms with Gasteiger partial charge in [-0.25, -0.2) is 19.5 Å². The van der Waals surface area contributed by atoms with Crippen molar-refractivity contribution in [3.63, 3.8) is 0 Å². The predicted molar refractivity (Wildman–Crippen MR) is 102 cm³/mol. The lowest BCUT2D eigenvalue weighted by molar-refractivity contribution is -0.115. The molecule has 2 N–H and O–H groups in total. The summed E-state index contributed by atoms with van der Waals surface area (Å²) in [5.74, 6) is 1.22. The van der Waals surface area contributed by atoms with Crippen molar-refractivity contribution in [3.05, 3.63) is 45.6 Å². The molecule has 138 valence electrons. The van der Waals surface area contributed by atoms with Crippen LogP contribution in [0.15, 0.2) is 23.0 Å². The maximum Gasteiger partial charge on any atom is 0.264 e. The van der Waals surface area contributed by atoms with Crippen LogP contribution in [-0.2, 0) is 11.2 Å². The lowest BCUT2D eigenvalue weighted by Gasteiger charge is -2.05. The van der Waals surface area contributed by atoms with E-state index in [4.69, 9.17) is 4.74 Å². The van der Waals surface area contributed by atoms with Gasteiger partial charge in [-0.2, -0.15) is 5.10 Å². The zero-order valence-electron chi connectivity index (χ0n) is 14.9. The summed E-state index contributed by atoms with van der Waals surface area (Å²) in [4.78, 5) is 33.9. The average Bonchev–Trinajstić information content (AvgIpc) is 3.20. The molecule has 0 fully saturated rings. The fourth-order valence-electron chi connectivity index (χ4n) is 2.83. The Morgan fingerprint density at radius 1 is 1.33 bits per heavy atom. The maximum absolute atomic E-state index is 12.7. The maximum atomic E-state index is 12.7. The molecule has 0 unspecified atom stereocenters. The third kappa shape index (κ3) is 3.04. The van der Waals surface area contributed by atoms with Crippen molar-refractivity contribution in [2.45, 2.75) is 20.3 Å². The van der Waals surface area contributed by atoms with Crippen LogP contribution in [0.1, 0.15) is 17.1 Å². The van der Waals surface area contributed by atoms with Gasteiger partial charge >= 0.3 is 0 Å². The Kier molecular flexibility index (Phi) is 4.11. The summed E-state index contributed by atoms with van der Waals surface area (Å²) in [5, 5.41) is 9.90. The number of amides is 1. The minimum Gasteiger partial charge on any atom is -0.497 e. The Hall–Kier alpha value is -3.27. The van der Waals surface area contributed by atoms with E-state index in [9.17, 15) is 9.59 Å². The van der Waals surface area contributed by atoms with E-state index in [1.807, 2.05) is 12.1 Å². The standard InChI is InChI=1S/C17H16N6O3S/c1-8-11(15(25)23-9(2)21-22-16(23)18-8)7-14(24)20-17-19-12-6-10(26-3)4-5-13(12)27-17/h4-6H,7H2,1-3H3,(H,18,22)(H,19,20,24). The molecule has 0 bridgehead atoms. The molecule has 3 heterocycles. The number of benzene rings is 1. The first-order valence-corrected chi connectivity index (χ1v) is 8.95. The van der Waals surface area contributed by atoms with Crippen molar-refractivity contribution in [3.8, 4) is 5.75 Å². The molecule has 0 saturated heterocycles. The molecule has 0 saturated carbocycles. The van der Waals surface area contributed by atoms with Gasteiger partial charge in [0.15, 0.2) is 5.13 Å². The fraction of sp³-hybridized carbons (Fsp3) is 0.235. The van der Waals surface area contributed by atoms with E-state index in [0.717, 1.165) is 10.2 Å². The van der Waals surface area contributed by atoms with E-state index in [-0.39, 0.29) is 17.9 Å². The van der Waals surface area contributed by atoms with Gasteiger partial charge in [0.05, 0.1) is 29.4 Å². The Balaban J connectivity index is 1.60. The van der Waals surface area contributed by atoms with Crippen molar-refractivity contribution in [1.82, 2.24) is 24.6 Å². The van der Waals surface area contributed by atoms with E-state index in [2.05, 4.69) is 25.5 Å². The van der Waals surface area contributed by atoms with Gasteiger partial charge in [0.1, 0.15) is 11.6 Å². The van der Waals surface area contributed by atoms with Crippen LogP contribution in [0.4, 0.5) is 5.13 Å². The number of anilines is 1. The van der Waals surface area contributed by atoms with Gasteiger partial charge in [-0.1, -0.05) is 11.3 Å². The second-order valence-electron chi connectivity index (χ2n) is 5.99.